The fourth-order valence-electron chi connectivity index (χ4n) is 5.57. The summed E-state index contributed by atoms with van der Waals surface area (Å²) in [4.78, 5) is 28.0. The number of sulfonamides is 1. The minimum absolute atomic E-state index is 0.000725. The van der Waals surface area contributed by atoms with Crippen LogP contribution >= 0.6 is 11.6 Å². The number of ether oxygens (including phenoxy) is 1. The molecule has 2 aliphatic rings. The topological polar surface area (TPSA) is 131 Å². The maximum absolute atomic E-state index is 14.0. The number of carbonyl (C=O) groups excluding carboxylic acids is 2. The van der Waals surface area contributed by atoms with Gasteiger partial charge in [0.2, 0.25) is 21.8 Å². The number of nitrogens with two attached hydrogens (primary N) is 1. The molecular formula is C30H36ClF3N4O5S. The molecule has 4 rings (SSSR count). The molecule has 14 heteroatoms. The van der Waals surface area contributed by atoms with Crippen LogP contribution in [0.15, 0.2) is 48.0 Å². The summed E-state index contributed by atoms with van der Waals surface area (Å²) >= 11 is 6.05. The Hall–Kier alpha value is -2.97. The van der Waals surface area contributed by atoms with Crippen LogP contribution in [-0.2, 0) is 31.0 Å². The van der Waals surface area contributed by atoms with Gasteiger partial charge in [0.25, 0.3) is 0 Å². The van der Waals surface area contributed by atoms with Crippen molar-refractivity contribution in [2.45, 2.75) is 63.3 Å². The van der Waals surface area contributed by atoms with Crippen LogP contribution in [0.4, 0.5) is 13.2 Å². The lowest BCUT2D eigenvalue weighted by molar-refractivity contribution is -0.139. The first kappa shape index (κ1) is 33.9. The first-order valence-electron chi connectivity index (χ1n) is 14.2. The van der Waals surface area contributed by atoms with Crippen LogP contribution in [0.5, 0.6) is 0 Å². The summed E-state index contributed by atoms with van der Waals surface area (Å²) in [5, 5.41) is 2.95. The summed E-state index contributed by atoms with van der Waals surface area (Å²) in [6.45, 7) is 0.533. The first-order valence-corrected chi connectivity index (χ1v) is 16.0. The van der Waals surface area contributed by atoms with Crippen molar-refractivity contribution in [3.05, 3.63) is 75.8 Å². The Morgan fingerprint density at radius 1 is 1.14 bits per heavy atom. The predicted octanol–water partition coefficient (Wildman–Crippen LogP) is 3.81. The van der Waals surface area contributed by atoms with Gasteiger partial charge in [-0.25, -0.2) is 26.3 Å². The molecule has 0 saturated heterocycles. The quantitative estimate of drug-likeness (QED) is 0.319. The molecule has 240 valence electrons. The maximum atomic E-state index is 14.0. The molecule has 0 radical (unpaired) electrons. The molecule has 0 unspecified atom stereocenters. The first-order chi connectivity index (χ1) is 20.6. The predicted molar refractivity (Wildman–Crippen MR) is 160 cm³/mol. The lowest BCUT2D eigenvalue weighted by atomic mass is 9.87. The number of amides is 2. The molecule has 2 aromatic carbocycles. The van der Waals surface area contributed by atoms with E-state index >= 15 is 0 Å². The van der Waals surface area contributed by atoms with Gasteiger partial charge in [0.15, 0.2) is 0 Å². The van der Waals surface area contributed by atoms with Crippen molar-refractivity contribution in [3.63, 3.8) is 0 Å². The molecule has 2 aromatic rings. The van der Waals surface area contributed by atoms with Gasteiger partial charge in [-0.15, -0.1) is 0 Å². The van der Waals surface area contributed by atoms with Crippen LogP contribution in [-0.4, -0.2) is 68.6 Å². The van der Waals surface area contributed by atoms with Crippen LogP contribution in [0, 0.1) is 11.6 Å². The number of nitrogens with zero attached hydrogens (tertiary/aromatic N) is 1. The molecule has 2 amide bonds. The largest absolute Gasteiger partial charge is 0.374 e. The number of alkyl halides is 1. The van der Waals surface area contributed by atoms with Gasteiger partial charge in [0, 0.05) is 24.2 Å². The smallest absolute Gasteiger partial charge is 0.247 e. The standard InChI is InChI=1S/C30H36ClF3N4O5S/c1-29(2,35)28(40)36-25(18-43-17-19-13-22(33)15-23(34)14-19)27(39)38(12-11-32)16-24-26(20-5-7-21(31)8-6-20)44(41,42)37-30(24)9-3-4-10-30/h5-8,13-15,25,37H,3-4,9-12,16-18,35H2,1-2H3,(H,36,40)/t25-/m1/s1. The number of rotatable bonds is 12. The van der Waals surface area contributed by atoms with Crippen LogP contribution in [0.3, 0.4) is 0 Å². The third-order valence-corrected chi connectivity index (χ3v) is 9.62. The molecule has 4 N–H and O–H groups in total. The Labute approximate surface area is 260 Å². The van der Waals surface area contributed by atoms with E-state index in [1.165, 1.54) is 13.8 Å². The molecule has 1 aliphatic carbocycles. The molecule has 1 saturated carbocycles. The molecule has 1 aliphatic heterocycles. The van der Waals surface area contributed by atoms with Gasteiger partial charge in [-0.3, -0.25) is 9.59 Å². The van der Waals surface area contributed by atoms with Crippen LogP contribution in [0.25, 0.3) is 4.91 Å². The highest BCUT2D eigenvalue weighted by atomic mass is 35.5. The van der Waals surface area contributed by atoms with E-state index < -0.39 is 70.4 Å². The highest BCUT2D eigenvalue weighted by Gasteiger charge is 2.51. The summed E-state index contributed by atoms with van der Waals surface area (Å²) in [6.07, 6.45) is 2.47. The van der Waals surface area contributed by atoms with Crippen molar-refractivity contribution in [2.24, 2.45) is 5.73 Å². The fraction of sp³-hybridized carbons (Fsp3) is 0.467. The number of carbonyl (C=O) groups is 2. The number of benzene rings is 2. The average molecular weight is 657 g/mol. The third-order valence-electron chi connectivity index (χ3n) is 7.69. The molecular weight excluding hydrogens is 621 g/mol. The molecule has 0 bridgehead atoms. The molecule has 0 aromatic heterocycles. The Balaban J connectivity index is 1.68. The van der Waals surface area contributed by atoms with Gasteiger partial charge in [-0.05, 0) is 67.7 Å². The lowest BCUT2D eigenvalue weighted by Crippen LogP contribution is -2.58. The van der Waals surface area contributed by atoms with E-state index in [-0.39, 0.29) is 23.6 Å². The van der Waals surface area contributed by atoms with Crippen molar-refractivity contribution >= 4 is 38.3 Å². The van der Waals surface area contributed by atoms with Gasteiger partial charge < -0.3 is 20.7 Å². The molecule has 1 atom stereocenters. The van der Waals surface area contributed by atoms with Gasteiger partial charge >= 0.3 is 0 Å². The number of hydrogen-bond donors (Lipinski definition) is 3. The van der Waals surface area contributed by atoms with Crippen LogP contribution in [0.1, 0.15) is 50.7 Å². The molecule has 1 spiro atoms. The molecule has 44 heavy (non-hydrogen) atoms. The lowest BCUT2D eigenvalue weighted by Gasteiger charge is -2.33. The minimum atomic E-state index is -4.01. The van der Waals surface area contributed by atoms with Gasteiger partial charge in [0.05, 0.1) is 29.2 Å². The molecule has 1 fully saturated rings. The van der Waals surface area contributed by atoms with Gasteiger partial charge in [0.1, 0.15) is 24.4 Å². The zero-order valence-electron chi connectivity index (χ0n) is 24.5. The normalized spacial score (nSPS) is 18.1. The summed E-state index contributed by atoms with van der Waals surface area (Å²) < 4.78 is 76.7. The SMILES string of the molecule is CC(C)(N)C(=O)N[C@H](COCc1cc(F)cc(F)c1)C(=O)N(CCF)CC1=C(c2ccc(Cl)cc2)S(=O)(=O)NC12CCCC2. The van der Waals surface area contributed by atoms with E-state index in [1.54, 1.807) is 24.3 Å². The van der Waals surface area contributed by atoms with Crippen molar-refractivity contribution in [2.75, 3.05) is 26.4 Å². The Kier molecular flexibility index (Phi) is 10.5. The molecule has 1 heterocycles. The van der Waals surface area contributed by atoms with E-state index in [1.807, 2.05) is 0 Å². The zero-order chi connectivity index (χ0) is 32.3. The fourth-order valence-corrected chi connectivity index (χ4v) is 7.67. The van der Waals surface area contributed by atoms with E-state index in [2.05, 4.69) is 10.0 Å². The summed E-state index contributed by atoms with van der Waals surface area (Å²) in [5.41, 5.74) is 4.53. The Morgan fingerprint density at radius 2 is 1.75 bits per heavy atom. The number of hydrogen-bond acceptors (Lipinski definition) is 6. The van der Waals surface area contributed by atoms with Crippen molar-refractivity contribution in [3.8, 4) is 0 Å². The van der Waals surface area contributed by atoms with Gasteiger partial charge in [-0.2, -0.15) is 0 Å². The molecule has 9 nitrogen and oxygen atoms in total. The van der Waals surface area contributed by atoms with Crippen LogP contribution in [0.2, 0.25) is 5.02 Å². The monoisotopic (exact) mass is 656 g/mol. The van der Waals surface area contributed by atoms with E-state index in [9.17, 15) is 31.2 Å². The van der Waals surface area contributed by atoms with E-state index in [0.717, 1.165) is 29.9 Å². The summed E-state index contributed by atoms with van der Waals surface area (Å²) in [6, 6.07) is 7.72. The Morgan fingerprint density at radius 3 is 2.32 bits per heavy atom. The van der Waals surface area contributed by atoms with Crippen LogP contribution < -0.4 is 15.8 Å². The second-order valence-corrected chi connectivity index (χ2v) is 13.8. The van der Waals surface area contributed by atoms with Crippen molar-refractivity contribution in [1.82, 2.24) is 14.9 Å². The van der Waals surface area contributed by atoms with Crippen molar-refractivity contribution < 1.29 is 35.9 Å². The average Bonchev–Trinajstić information content (AvgIpc) is 3.47. The second-order valence-electron chi connectivity index (χ2n) is 11.7. The second kappa shape index (κ2) is 13.6. The zero-order valence-corrected chi connectivity index (χ0v) is 26.0. The van der Waals surface area contributed by atoms with Crippen molar-refractivity contribution in [1.29, 1.82) is 0 Å². The van der Waals surface area contributed by atoms with E-state index in [0.29, 0.717) is 35.1 Å². The van der Waals surface area contributed by atoms with E-state index in [4.69, 9.17) is 22.1 Å². The highest BCUT2D eigenvalue weighted by Crippen LogP contribution is 2.47. The number of halogens is 4. The number of nitrogens with one attached hydrogen (secondary N) is 2. The minimum Gasteiger partial charge on any atom is -0.374 e. The Bertz CT molecular complexity index is 1500. The summed E-state index contributed by atoms with van der Waals surface area (Å²) in [7, 11) is -4.01. The third kappa shape index (κ3) is 7.81. The maximum Gasteiger partial charge on any atom is 0.247 e. The van der Waals surface area contributed by atoms with Gasteiger partial charge in [-0.1, -0.05) is 36.6 Å². The highest BCUT2D eigenvalue weighted by molar-refractivity contribution is 7.99. The summed E-state index contributed by atoms with van der Waals surface area (Å²) in [5.74, 6) is -3.07.